The van der Waals surface area contributed by atoms with Crippen LogP contribution in [0, 0.1) is 12.7 Å². The summed E-state index contributed by atoms with van der Waals surface area (Å²) in [5.41, 5.74) is 0.917. The Hall–Kier alpha value is -3.00. The number of rotatable bonds is 6. The summed E-state index contributed by atoms with van der Waals surface area (Å²) in [5.74, 6) is -0.299. The first-order chi connectivity index (χ1) is 12.5. The van der Waals surface area contributed by atoms with E-state index in [0.717, 1.165) is 5.56 Å². The van der Waals surface area contributed by atoms with Gasteiger partial charge in [-0.1, -0.05) is 12.1 Å². The molecular formula is C18H19FN4O3. The molecule has 26 heavy (non-hydrogen) atoms. The van der Waals surface area contributed by atoms with Gasteiger partial charge in [0.25, 0.3) is 11.5 Å². The van der Waals surface area contributed by atoms with Crippen LogP contribution >= 0.6 is 0 Å². The fourth-order valence-electron chi connectivity index (χ4n) is 2.76. The molecule has 0 atom stereocenters. The predicted molar refractivity (Wildman–Crippen MR) is 94.4 cm³/mol. The molecule has 3 rings (SSSR count). The molecule has 2 N–H and O–H groups in total. The van der Waals surface area contributed by atoms with Gasteiger partial charge in [-0.15, -0.1) is 0 Å². The van der Waals surface area contributed by atoms with E-state index < -0.39 is 5.56 Å². The molecule has 2 aromatic heterocycles. The predicted octanol–water partition coefficient (Wildman–Crippen LogP) is 1.83. The van der Waals surface area contributed by atoms with Crippen molar-refractivity contribution in [2.45, 2.75) is 13.5 Å². The number of nitrogens with zero attached hydrogens (tertiary/aromatic N) is 2. The third-order valence-corrected chi connectivity index (χ3v) is 4.04. The fourth-order valence-corrected chi connectivity index (χ4v) is 2.76. The van der Waals surface area contributed by atoms with Crippen LogP contribution in [0.5, 0.6) is 0 Å². The first-order valence-electron chi connectivity index (χ1n) is 8.13. The minimum Gasteiger partial charge on any atom is -0.442 e. The van der Waals surface area contributed by atoms with Gasteiger partial charge in [-0.2, -0.15) is 0 Å². The van der Waals surface area contributed by atoms with Gasteiger partial charge < -0.3 is 19.6 Å². The number of likely N-dealkylation sites (N-methyl/N-ethyl adjacent to an activating group) is 1. The highest BCUT2D eigenvalue weighted by atomic mass is 19.1. The molecule has 0 spiro atoms. The van der Waals surface area contributed by atoms with Gasteiger partial charge in [0, 0.05) is 19.6 Å². The lowest BCUT2D eigenvalue weighted by Gasteiger charge is -2.17. The Balaban J connectivity index is 1.60. The third-order valence-electron chi connectivity index (χ3n) is 4.04. The summed E-state index contributed by atoms with van der Waals surface area (Å²) in [6.07, 6.45) is 1.24. The average Bonchev–Trinajstić information content (AvgIpc) is 2.94. The summed E-state index contributed by atoms with van der Waals surface area (Å²) in [7, 11) is 1.91. The number of amides is 1. The van der Waals surface area contributed by atoms with E-state index in [1.165, 1.54) is 18.5 Å². The number of fused-ring (bicyclic) bond motifs is 1. The number of carbonyl (C=O) groups is 1. The Morgan fingerprint density at radius 1 is 1.35 bits per heavy atom. The van der Waals surface area contributed by atoms with Crippen molar-refractivity contribution in [3.8, 4) is 0 Å². The lowest BCUT2D eigenvalue weighted by atomic mass is 10.2. The standard InChI is InChI=1S/C18H19FN4O3/c1-11-14(15-17(25)21-10-22-18(15)26-11)16(24)20-7-8-23(2)9-12-3-5-13(19)6-4-12/h3-6,10H,7-9H2,1-2H3,(H,20,24)(H,21,22,25). The number of aromatic amines is 1. The highest BCUT2D eigenvalue weighted by molar-refractivity contribution is 6.06. The number of hydrogen-bond acceptors (Lipinski definition) is 5. The molecule has 0 unspecified atom stereocenters. The number of aromatic nitrogens is 2. The van der Waals surface area contributed by atoms with Gasteiger partial charge >= 0.3 is 0 Å². The zero-order chi connectivity index (χ0) is 18.7. The van der Waals surface area contributed by atoms with Crippen LogP contribution in [0.2, 0.25) is 0 Å². The van der Waals surface area contributed by atoms with E-state index in [4.69, 9.17) is 4.42 Å². The molecule has 0 aliphatic heterocycles. The SMILES string of the molecule is Cc1oc2nc[nH]c(=O)c2c1C(=O)NCCN(C)Cc1ccc(F)cc1. The van der Waals surface area contributed by atoms with Crippen LogP contribution in [-0.2, 0) is 6.54 Å². The van der Waals surface area contributed by atoms with E-state index in [2.05, 4.69) is 15.3 Å². The summed E-state index contributed by atoms with van der Waals surface area (Å²) < 4.78 is 18.3. The van der Waals surface area contributed by atoms with Crippen LogP contribution in [0.4, 0.5) is 4.39 Å². The number of nitrogens with one attached hydrogen (secondary N) is 2. The minimum atomic E-state index is -0.412. The number of furan rings is 1. The maximum Gasteiger partial charge on any atom is 0.262 e. The van der Waals surface area contributed by atoms with Gasteiger partial charge in [0.15, 0.2) is 0 Å². The van der Waals surface area contributed by atoms with Crippen LogP contribution in [0.1, 0.15) is 21.7 Å². The highest BCUT2D eigenvalue weighted by Crippen LogP contribution is 2.20. The van der Waals surface area contributed by atoms with Gasteiger partial charge in [-0.25, -0.2) is 9.37 Å². The van der Waals surface area contributed by atoms with Gasteiger partial charge in [0.2, 0.25) is 5.71 Å². The van der Waals surface area contributed by atoms with Crippen molar-refractivity contribution in [3.05, 3.63) is 63.7 Å². The molecule has 2 heterocycles. The number of H-pyrrole nitrogens is 1. The van der Waals surface area contributed by atoms with Crippen LogP contribution in [-0.4, -0.2) is 40.9 Å². The van der Waals surface area contributed by atoms with Crippen molar-refractivity contribution in [2.24, 2.45) is 0 Å². The summed E-state index contributed by atoms with van der Waals surface area (Å²) >= 11 is 0. The molecule has 136 valence electrons. The number of halogens is 1. The summed E-state index contributed by atoms with van der Waals surface area (Å²) in [5, 5.41) is 2.94. The molecule has 1 aromatic carbocycles. The molecular weight excluding hydrogens is 339 g/mol. The molecule has 0 aliphatic rings. The van der Waals surface area contributed by atoms with Crippen molar-refractivity contribution < 1.29 is 13.6 Å². The van der Waals surface area contributed by atoms with Gasteiger partial charge in [-0.3, -0.25) is 9.59 Å². The molecule has 0 fully saturated rings. The van der Waals surface area contributed by atoms with E-state index in [-0.39, 0.29) is 28.4 Å². The average molecular weight is 358 g/mol. The zero-order valence-electron chi connectivity index (χ0n) is 14.5. The van der Waals surface area contributed by atoms with Gasteiger partial charge in [0.05, 0.1) is 11.9 Å². The topological polar surface area (TPSA) is 91.2 Å². The van der Waals surface area contributed by atoms with E-state index in [9.17, 15) is 14.0 Å². The second kappa shape index (κ2) is 7.49. The highest BCUT2D eigenvalue weighted by Gasteiger charge is 2.21. The lowest BCUT2D eigenvalue weighted by Crippen LogP contribution is -2.33. The minimum absolute atomic E-state index is 0.143. The van der Waals surface area contributed by atoms with E-state index in [1.807, 2.05) is 11.9 Å². The Labute approximate surface area is 148 Å². The Morgan fingerprint density at radius 2 is 2.08 bits per heavy atom. The van der Waals surface area contributed by atoms with Gasteiger partial charge in [0.1, 0.15) is 17.0 Å². The number of aryl methyl sites for hydroxylation is 1. The summed E-state index contributed by atoms with van der Waals surface area (Å²) in [4.78, 5) is 32.8. The maximum atomic E-state index is 12.9. The molecule has 7 nitrogen and oxygen atoms in total. The molecule has 0 saturated carbocycles. The monoisotopic (exact) mass is 358 g/mol. The van der Waals surface area contributed by atoms with Crippen LogP contribution in [0.15, 0.2) is 39.8 Å². The molecule has 0 aliphatic carbocycles. The fraction of sp³-hybridized carbons (Fsp3) is 0.278. The van der Waals surface area contributed by atoms with Crippen molar-refractivity contribution in [3.63, 3.8) is 0 Å². The summed E-state index contributed by atoms with van der Waals surface area (Å²) in [6.45, 7) is 3.23. The molecule has 8 heteroatoms. The van der Waals surface area contributed by atoms with E-state index in [0.29, 0.717) is 25.4 Å². The molecule has 0 saturated heterocycles. The van der Waals surface area contributed by atoms with E-state index in [1.54, 1.807) is 19.1 Å². The molecule has 3 aromatic rings. The zero-order valence-corrected chi connectivity index (χ0v) is 14.5. The van der Waals surface area contributed by atoms with Crippen molar-refractivity contribution in [2.75, 3.05) is 20.1 Å². The lowest BCUT2D eigenvalue weighted by molar-refractivity contribution is 0.0949. The third kappa shape index (κ3) is 3.80. The van der Waals surface area contributed by atoms with Crippen molar-refractivity contribution >= 4 is 17.0 Å². The summed E-state index contributed by atoms with van der Waals surface area (Å²) in [6, 6.07) is 6.29. The smallest absolute Gasteiger partial charge is 0.262 e. The van der Waals surface area contributed by atoms with Crippen molar-refractivity contribution in [1.82, 2.24) is 20.2 Å². The Kier molecular flexibility index (Phi) is 5.13. The molecule has 0 bridgehead atoms. The molecule has 0 radical (unpaired) electrons. The first-order valence-corrected chi connectivity index (χ1v) is 8.13. The second-order valence-corrected chi connectivity index (χ2v) is 6.07. The largest absolute Gasteiger partial charge is 0.442 e. The Bertz CT molecular complexity index is 978. The van der Waals surface area contributed by atoms with Gasteiger partial charge in [-0.05, 0) is 31.7 Å². The number of carbonyl (C=O) groups excluding carboxylic acids is 1. The normalized spacial score (nSPS) is 11.2. The quantitative estimate of drug-likeness (QED) is 0.701. The van der Waals surface area contributed by atoms with Crippen LogP contribution in [0.25, 0.3) is 11.1 Å². The number of benzene rings is 1. The van der Waals surface area contributed by atoms with Crippen LogP contribution < -0.4 is 10.9 Å². The first kappa shape index (κ1) is 17.8. The van der Waals surface area contributed by atoms with Crippen LogP contribution in [0.3, 0.4) is 0 Å². The Morgan fingerprint density at radius 3 is 2.81 bits per heavy atom. The van der Waals surface area contributed by atoms with Crippen molar-refractivity contribution in [1.29, 1.82) is 0 Å². The second-order valence-electron chi connectivity index (χ2n) is 6.07. The van der Waals surface area contributed by atoms with E-state index >= 15 is 0 Å². The molecule has 1 amide bonds. The maximum absolute atomic E-state index is 12.9. The number of hydrogen-bond donors (Lipinski definition) is 2.